The summed E-state index contributed by atoms with van der Waals surface area (Å²) in [5, 5.41) is 10.1. The topological polar surface area (TPSA) is 70.0 Å². The van der Waals surface area contributed by atoms with E-state index in [1.165, 1.54) is 13.0 Å². The first-order chi connectivity index (χ1) is 8.91. The molecule has 0 unspecified atom stereocenters. The number of allylic oxidation sites excluding steroid dienone is 1. The van der Waals surface area contributed by atoms with Gasteiger partial charge in [0.25, 0.3) is 5.91 Å². The zero-order chi connectivity index (χ0) is 14.4. The average Bonchev–Trinajstić information content (AvgIpc) is 2.35. The second-order valence-electron chi connectivity index (χ2n) is 4.58. The molecule has 0 bridgehead atoms. The second kappa shape index (κ2) is 6.64. The first-order valence-corrected chi connectivity index (χ1v) is 6.09. The SMILES string of the molecule is CC(=N)/C=C(\C(=O)Nc1ccccc1)C(=O)C(C)C. The maximum Gasteiger partial charge on any atom is 0.259 e. The smallest absolute Gasteiger partial charge is 0.259 e. The van der Waals surface area contributed by atoms with E-state index in [1.807, 2.05) is 6.07 Å². The van der Waals surface area contributed by atoms with Crippen LogP contribution in [0.2, 0.25) is 0 Å². The summed E-state index contributed by atoms with van der Waals surface area (Å²) in [4.78, 5) is 24.1. The number of nitrogens with one attached hydrogen (secondary N) is 2. The standard InChI is InChI=1S/C15H18N2O2/c1-10(2)14(18)13(9-11(3)16)15(19)17-12-7-5-4-6-8-12/h4-10,16H,1-3H3,(H,17,19)/b13-9-,16-11?. The fourth-order valence-electron chi connectivity index (χ4n) is 1.50. The third-order valence-electron chi connectivity index (χ3n) is 2.43. The molecule has 0 atom stereocenters. The van der Waals surface area contributed by atoms with Gasteiger partial charge in [-0.2, -0.15) is 0 Å². The first kappa shape index (κ1) is 14.8. The van der Waals surface area contributed by atoms with Gasteiger partial charge in [-0.3, -0.25) is 9.59 Å². The molecule has 0 aromatic heterocycles. The van der Waals surface area contributed by atoms with Crippen LogP contribution in [-0.4, -0.2) is 17.4 Å². The average molecular weight is 258 g/mol. The van der Waals surface area contributed by atoms with Crippen molar-refractivity contribution in [3.8, 4) is 0 Å². The second-order valence-corrected chi connectivity index (χ2v) is 4.58. The van der Waals surface area contributed by atoms with Crippen molar-refractivity contribution in [1.82, 2.24) is 0 Å². The van der Waals surface area contributed by atoms with E-state index in [9.17, 15) is 9.59 Å². The number of para-hydroxylation sites is 1. The van der Waals surface area contributed by atoms with E-state index >= 15 is 0 Å². The van der Waals surface area contributed by atoms with E-state index in [1.54, 1.807) is 38.1 Å². The van der Waals surface area contributed by atoms with Crippen LogP contribution in [0.1, 0.15) is 20.8 Å². The Hall–Kier alpha value is -2.23. The number of anilines is 1. The minimum absolute atomic E-state index is 0.0198. The number of carbonyl (C=O) groups is 2. The molecule has 1 aromatic rings. The molecule has 0 heterocycles. The van der Waals surface area contributed by atoms with Crippen molar-refractivity contribution in [2.75, 3.05) is 5.32 Å². The van der Waals surface area contributed by atoms with E-state index in [0.29, 0.717) is 5.69 Å². The number of Topliss-reactive ketones (excluding diaryl/α,β-unsaturated/α-hetero) is 1. The summed E-state index contributed by atoms with van der Waals surface area (Å²) < 4.78 is 0. The van der Waals surface area contributed by atoms with Crippen LogP contribution in [-0.2, 0) is 9.59 Å². The van der Waals surface area contributed by atoms with Crippen molar-refractivity contribution in [2.24, 2.45) is 5.92 Å². The third kappa shape index (κ3) is 4.50. The zero-order valence-electron chi connectivity index (χ0n) is 11.4. The number of amides is 1. The molecule has 0 saturated heterocycles. The molecule has 0 saturated carbocycles. The number of benzene rings is 1. The van der Waals surface area contributed by atoms with E-state index in [4.69, 9.17) is 5.41 Å². The van der Waals surface area contributed by atoms with Gasteiger partial charge in [0.15, 0.2) is 5.78 Å². The molecule has 1 amide bonds. The van der Waals surface area contributed by atoms with Crippen molar-refractivity contribution in [1.29, 1.82) is 5.41 Å². The Morgan fingerprint density at radius 2 is 1.79 bits per heavy atom. The summed E-state index contributed by atoms with van der Waals surface area (Å²) >= 11 is 0. The maximum atomic E-state index is 12.1. The molecule has 19 heavy (non-hydrogen) atoms. The Morgan fingerprint density at radius 3 is 2.26 bits per heavy atom. The molecule has 0 spiro atoms. The number of hydrogen-bond donors (Lipinski definition) is 2. The van der Waals surface area contributed by atoms with Crippen LogP contribution in [0.3, 0.4) is 0 Å². The highest BCUT2D eigenvalue weighted by molar-refractivity contribution is 6.26. The summed E-state index contributed by atoms with van der Waals surface area (Å²) in [6.45, 7) is 4.99. The molecule has 0 aliphatic rings. The predicted octanol–water partition coefficient (Wildman–Crippen LogP) is 2.82. The molecule has 0 radical (unpaired) electrons. The minimum Gasteiger partial charge on any atom is -0.322 e. The number of hydrogen-bond acceptors (Lipinski definition) is 3. The molecule has 1 rings (SSSR count). The van der Waals surface area contributed by atoms with Crippen LogP contribution >= 0.6 is 0 Å². The fourth-order valence-corrected chi connectivity index (χ4v) is 1.50. The highest BCUT2D eigenvalue weighted by Gasteiger charge is 2.21. The lowest BCUT2D eigenvalue weighted by molar-refractivity contribution is -0.122. The fraction of sp³-hybridized carbons (Fsp3) is 0.267. The zero-order valence-corrected chi connectivity index (χ0v) is 11.4. The lowest BCUT2D eigenvalue weighted by atomic mass is 9.99. The third-order valence-corrected chi connectivity index (χ3v) is 2.43. The van der Waals surface area contributed by atoms with E-state index in [0.717, 1.165) is 0 Å². The highest BCUT2D eigenvalue weighted by Crippen LogP contribution is 2.11. The van der Waals surface area contributed by atoms with Gasteiger partial charge >= 0.3 is 0 Å². The van der Waals surface area contributed by atoms with Gasteiger partial charge < -0.3 is 10.7 Å². The van der Waals surface area contributed by atoms with Crippen LogP contribution in [0.15, 0.2) is 42.0 Å². The van der Waals surface area contributed by atoms with Gasteiger partial charge in [-0.1, -0.05) is 32.0 Å². The Morgan fingerprint density at radius 1 is 1.21 bits per heavy atom. The predicted molar refractivity (Wildman–Crippen MR) is 76.4 cm³/mol. The Bertz CT molecular complexity index is 516. The minimum atomic E-state index is -0.475. The monoisotopic (exact) mass is 258 g/mol. The quantitative estimate of drug-likeness (QED) is 0.369. The Balaban J connectivity index is 2.96. The molecule has 1 aromatic carbocycles. The van der Waals surface area contributed by atoms with Gasteiger partial charge in [-0.25, -0.2) is 0 Å². The van der Waals surface area contributed by atoms with Crippen LogP contribution in [0.4, 0.5) is 5.69 Å². The number of ketones is 1. The molecular formula is C15H18N2O2. The summed E-state index contributed by atoms with van der Waals surface area (Å²) in [6, 6.07) is 8.92. The lowest BCUT2D eigenvalue weighted by Crippen LogP contribution is -2.24. The highest BCUT2D eigenvalue weighted by atomic mass is 16.2. The molecule has 4 heteroatoms. The van der Waals surface area contributed by atoms with Crippen molar-refractivity contribution in [3.05, 3.63) is 42.0 Å². The summed E-state index contributed by atoms with van der Waals surface area (Å²) in [7, 11) is 0. The number of rotatable bonds is 5. The van der Waals surface area contributed by atoms with Gasteiger partial charge in [0, 0.05) is 17.3 Å². The van der Waals surface area contributed by atoms with Crippen LogP contribution in [0.25, 0.3) is 0 Å². The number of carbonyl (C=O) groups excluding carboxylic acids is 2. The largest absolute Gasteiger partial charge is 0.322 e. The van der Waals surface area contributed by atoms with Crippen molar-refractivity contribution >= 4 is 23.1 Å². The van der Waals surface area contributed by atoms with Gasteiger partial charge in [0.2, 0.25) is 0 Å². The lowest BCUT2D eigenvalue weighted by Gasteiger charge is -2.10. The normalized spacial score (nSPS) is 11.3. The van der Waals surface area contributed by atoms with E-state index in [-0.39, 0.29) is 23.0 Å². The molecule has 0 aliphatic heterocycles. The molecule has 0 fully saturated rings. The Labute approximate surface area is 113 Å². The summed E-state index contributed by atoms with van der Waals surface area (Å²) in [6.07, 6.45) is 1.31. The van der Waals surface area contributed by atoms with Gasteiger partial charge in [0.05, 0.1) is 5.57 Å². The molecule has 4 nitrogen and oxygen atoms in total. The summed E-state index contributed by atoms with van der Waals surface area (Å²) in [5.41, 5.74) is 0.816. The van der Waals surface area contributed by atoms with Crippen LogP contribution in [0.5, 0.6) is 0 Å². The van der Waals surface area contributed by atoms with Crippen molar-refractivity contribution in [2.45, 2.75) is 20.8 Å². The van der Waals surface area contributed by atoms with Crippen LogP contribution < -0.4 is 5.32 Å². The van der Waals surface area contributed by atoms with Crippen molar-refractivity contribution in [3.63, 3.8) is 0 Å². The summed E-state index contributed by atoms with van der Waals surface area (Å²) in [5.74, 6) is -1.02. The van der Waals surface area contributed by atoms with E-state index < -0.39 is 5.91 Å². The molecule has 0 aliphatic carbocycles. The molecule has 100 valence electrons. The first-order valence-electron chi connectivity index (χ1n) is 6.09. The van der Waals surface area contributed by atoms with Gasteiger partial charge in [-0.15, -0.1) is 0 Å². The van der Waals surface area contributed by atoms with Crippen molar-refractivity contribution < 1.29 is 9.59 Å². The van der Waals surface area contributed by atoms with E-state index in [2.05, 4.69) is 5.32 Å². The van der Waals surface area contributed by atoms with Gasteiger partial charge in [-0.05, 0) is 25.1 Å². The molecule has 2 N–H and O–H groups in total. The van der Waals surface area contributed by atoms with Gasteiger partial charge in [0.1, 0.15) is 0 Å². The molecular weight excluding hydrogens is 240 g/mol. The maximum absolute atomic E-state index is 12.1. The Kier molecular flexibility index (Phi) is 5.18. The van der Waals surface area contributed by atoms with Crippen LogP contribution in [0, 0.1) is 11.3 Å².